The summed E-state index contributed by atoms with van der Waals surface area (Å²) in [4.78, 5) is 7.72. The Morgan fingerprint density at radius 3 is 2.72 bits per heavy atom. The summed E-state index contributed by atoms with van der Waals surface area (Å²) >= 11 is 1.57. The molecule has 0 bridgehead atoms. The van der Waals surface area contributed by atoms with Crippen LogP contribution in [0.4, 0.5) is 0 Å². The highest BCUT2D eigenvalue weighted by Crippen LogP contribution is 2.35. The van der Waals surface area contributed by atoms with Gasteiger partial charge < -0.3 is 10.0 Å². The van der Waals surface area contributed by atoms with Crippen LogP contribution < -0.4 is 4.90 Å². The van der Waals surface area contributed by atoms with Crippen molar-refractivity contribution in [2.45, 2.75) is 39.7 Å². The molecule has 2 N–H and O–H groups in total. The maximum atomic E-state index is 10.8. The minimum atomic E-state index is 0.136. The van der Waals surface area contributed by atoms with Crippen molar-refractivity contribution < 1.29 is 10.0 Å². The number of nitrogens with zero attached hydrogens (tertiary/aromatic N) is 3. The number of piperidine rings is 1. The first-order valence-corrected chi connectivity index (χ1v) is 9.80. The molecule has 1 aliphatic rings. The van der Waals surface area contributed by atoms with Crippen molar-refractivity contribution in [3.05, 3.63) is 46.1 Å². The van der Waals surface area contributed by atoms with Crippen LogP contribution in [0.15, 0.2) is 24.3 Å². The Kier molecular flexibility index (Phi) is 4.25. The van der Waals surface area contributed by atoms with Gasteiger partial charge in [-0.15, -0.1) is 5.10 Å². The van der Waals surface area contributed by atoms with Crippen LogP contribution in [0.3, 0.4) is 0 Å². The normalized spacial score (nSPS) is 22.4. The minimum absolute atomic E-state index is 0.136. The number of fused-ring (bicyclic) bond motifs is 1. The van der Waals surface area contributed by atoms with E-state index in [4.69, 9.17) is 0 Å². The monoisotopic (exact) mass is 357 g/mol. The number of nitrogens with one attached hydrogen (secondary N) is 1. The van der Waals surface area contributed by atoms with Gasteiger partial charge in [0.05, 0.1) is 13.1 Å². The number of benzene rings is 1. The fraction of sp³-hybridized carbons (Fsp3) is 0.474. The van der Waals surface area contributed by atoms with Crippen molar-refractivity contribution in [1.82, 2.24) is 14.6 Å². The fourth-order valence-corrected chi connectivity index (χ4v) is 5.15. The lowest BCUT2D eigenvalue weighted by atomic mass is 9.95. The van der Waals surface area contributed by atoms with Crippen molar-refractivity contribution in [2.75, 3.05) is 13.1 Å². The number of likely N-dealkylation sites (tertiary alicyclic amines) is 1. The van der Waals surface area contributed by atoms with Gasteiger partial charge in [0, 0.05) is 11.5 Å². The third kappa shape index (κ3) is 3.04. The van der Waals surface area contributed by atoms with Crippen LogP contribution >= 0.6 is 11.3 Å². The number of rotatable bonds is 3. The molecule has 0 radical (unpaired) electrons. The minimum Gasteiger partial charge on any atom is -0.492 e. The highest BCUT2D eigenvalue weighted by Gasteiger charge is 2.35. The molecule has 1 aromatic carbocycles. The van der Waals surface area contributed by atoms with Gasteiger partial charge in [0.25, 0.3) is 0 Å². The molecule has 2 aromatic heterocycles. The molecule has 1 unspecified atom stereocenters. The van der Waals surface area contributed by atoms with Gasteiger partial charge in [0.15, 0.2) is 6.04 Å². The van der Waals surface area contributed by atoms with E-state index in [9.17, 15) is 5.11 Å². The van der Waals surface area contributed by atoms with E-state index in [1.807, 2.05) is 6.92 Å². The molecule has 3 atom stereocenters. The number of hydrogen-bond acceptors (Lipinski definition) is 4. The molecule has 0 aliphatic carbocycles. The molecule has 6 heteroatoms. The summed E-state index contributed by atoms with van der Waals surface area (Å²) in [5.74, 6) is 1.65. The van der Waals surface area contributed by atoms with Crippen LogP contribution in [0.25, 0.3) is 4.96 Å². The van der Waals surface area contributed by atoms with Crippen LogP contribution in [0, 0.1) is 19.8 Å². The lowest BCUT2D eigenvalue weighted by molar-refractivity contribution is -0.933. The van der Waals surface area contributed by atoms with Crippen molar-refractivity contribution in [2.24, 2.45) is 5.92 Å². The summed E-state index contributed by atoms with van der Waals surface area (Å²) in [7, 11) is 0. The zero-order chi connectivity index (χ0) is 17.6. The Morgan fingerprint density at radius 1 is 1.28 bits per heavy atom. The molecule has 0 saturated carbocycles. The standard InChI is InChI=1S/C19H24N4OS/c1-12-6-8-15(9-7-12)16(22-10-4-5-13(2)11-22)17-18(24)23-19(25-17)20-14(3)21-23/h6-9,13,16,24H,4-5,10-11H2,1-3H3/p+1/t13-,16-/m0/s1. The fourth-order valence-electron chi connectivity index (χ4n) is 3.96. The summed E-state index contributed by atoms with van der Waals surface area (Å²) in [5.41, 5.74) is 2.51. The summed E-state index contributed by atoms with van der Waals surface area (Å²) in [6.45, 7) is 8.56. The first-order valence-electron chi connectivity index (χ1n) is 8.99. The third-order valence-corrected chi connectivity index (χ3v) is 6.28. The maximum Gasteiger partial charge on any atom is 0.235 e. The van der Waals surface area contributed by atoms with Gasteiger partial charge in [0.2, 0.25) is 10.8 Å². The molecule has 3 aromatic rings. The Labute approximate surface area is 151 Å². The summed E-state index contributed by atoms with van der Waals surface area (Å²) in [5, 5.41) is 15.2. The van der Waals surface area contributed by atoms with Gasteiger partial charge >= 0.3 is 0 Å². The molecule has 4 rings (SSSR count). The number of aromatic hydroxyl groups is 1. The van der Waals surface area contributed by atoms with Gasteiger partial charge in [0.1, 0.15) is 10.7 Å². The van der Waals surface area contributed by atoms with Gasteiger partial charge in [-0.25, -0.2) is 4.98 Å². The second-order valence-corrected chi connectivity index (χ2v) is 8.36. The number of aromatic nitrogens is 3. The Bertz CT molecular complexity index is 883. The van der Waals surface area contributed by atoms with Crippen LogP contribution in [0.2, 0.25) is 0 Å². The molecule has 1 fully saturated rings. The topological polar surface area (TPSA) is 54.9 Å². The molecular weight excluding hydrogens is 332 g/mol. The quantitative estimate of drug-likeness (QED) is 0.757. The van der Waals surface area contributed by atoms with Crippen molar-refractivity contribution >= 4 is 16.3 Å². The van der Waals surface area contributed by atoms with Crippen LogP contribution in [0.5, 0.6) is 5.88 Å². The highest BCUT2D eigenvalue weighted by atomic mass is 32.1. The Balaban J connectivity index is 1.81. The van der Waals surface area contributed by atoms with Crippen molar-refractivity contribution in [1.29, 1.82) is 0 Å². The average Bonchev–Trinajstić information content (AvgIpc) is 3.08. The molecule has 25 heavy (non-hydrogen) atoms. The Morgan fingerprint density at radius 2 is 2.04 bits per heavy atom. The van der Waals surface area contributed by atoms with E-state index in [2.05, 4.69) is 48.2 Å². The van der Waals surface area contributed by atoms with E-state index in [0.29, 0.717) is 11.7 Å². The second-order valence-electron chi connectivity index (χ2n) is 7.35. The van der Waals surface area contributed by atoms with Crippen molar-refractivity contribution in [3.8, 4) is 5.88 Å². The van der Waals surface area contributed by atoms with E-state index in [1.165, 1.54) is 28.9 Å². The summed E-state index contributed by atoms with van der Waals surface area (Å²) in [6.07, 6.45) is 2.53. The predicted molar refractivity (Wildman–Crippen MR) is 99.4 cm³/mol. The first kappa shape index (κ1) is 16.5. The number of quaternary nitrogens is 1. The summed E-state index contributed by atoms with van der Waals surface area (Å²) in [6, 6.07) is 8.86. The maximum absolute atomic E-state index is 10.8. The third-order valence-electron chi connectivity index (χ3n) is 5.19. The van der Waals surface area contributed by atoms with Crippen molar-refractivity contribution in [3.63, 3.8) is 0 Å². The predicted octanol–water partition coefficient (Wildman–Crippen LogP) is 2.52. The van der Waals surface area contributed by atoms with Gasteiger partial charge in [-0.2, -0.15) is 4.52 Å². The van der Waals surface area contributed by atoms with E-state index in [0.717, 1.165) is 22.9 Å². The van der Waals surface area contributed by atoms with Crippen LogP contribution in [-0.2, 0) is 0 Å². The molecule has 0 spiro atoms. The van der Waals surface area contributed by atoms with Crippen LogP contribution in [0.1, 0.15) is 47.6 Å². The van der Waals surface area contributed by atoms with E-state index in [-0.39, 0.29) is 11.9 Å². The van der Waals surface area contributed by atoms with Gasteiger partial charge in [-0.05, 0) is 26.7 Å². The van der Waals surface area contributed by atoms with E-state index in [1.54, 1.807) is 15.9 Å². The molecular formula is C19H25N4OS+. The molecule has 5 nitrogen and oxygen atoms in total. The second kappa shape index (κ2) is 6.42. The molecule has 0 amide bonds. The van der Waals surface area contributed by atoms with E-state index < -0.39 is 0 Å². The van der Waals surface area contributed by atoms with Gasteiger partial charge in [-0.1, -0.05) is 48.1 Å². The number of hydrogen-bond donors (Lipinski definition) is 2. The smallest absolute Gasteiger partial charge is 0.235 e. The average molecular weight is 358 g/mol. The SMILES string of the molecule is Cc1ccc([C@@H](c2sc3nc(C)nn3c2O)[NH+]2CCC[C@H](C)C2)cc1. The first-order chi connectivity index (χ1) is 12.0. The molecule has 3 heterocycles. The largest absolute Gasteiger partial charge is 0.492 e. The lowest BCUT2D eigenvalue weighted by Crippen LogP contribution is -3.13. The van der Waals surface area contributed by atoms with Crippen LogP contribution in [-0.4, -0.2) is 32.8 Å². The number of thiazole rings is 1. The molecule has 1 aliphatic heterocycles. The molecule has 132 valence electrons. The Hall–Kier alpha value is -1.92. The summed E-state index contributed by atoms with van der Waals surface area (Å²) < 4.78 is 1.59. The van der Waals surface area contributed by atoms with E-state index >= 15 is 0 Å². The number of aryl methyl sites for hydroxylation is 2. The van der Waals surface area contributed by atoms with Gasteiger partial charge in [-0.3, -0.25) is 0 Å². The zero-order valence-corrected chi connectivity index (χ0v) is 15.8. The lowest BCUT2D eigenvalue weighted by Gasteiger charge is -2.34. The zero-order valence-electron chi connectivity index (χ0n) is 15.0. The highest BCUT2D eigenvalue weighted by molar-refractivity contribution is 7.17. The molecule has 1 saturated heterocycles.